The molecule has 0 bridgehead atoms. The molecule has 0 saturated heterocycles. The maximum Gasteiger partial charge on any atom is 0.417 e. The van der Waals surface area contributed by atoms with Gasteiger partial charge in [-0.15, -0.1) is 10.2 Å². The number of hydrogen-bond acceptors (Lipinski definition) is 5. The molecule has 0 spiro atoms. The summed E-state index contributed by atoms with van der Waals surface area (Å²) in [5, 5.41) is 8.14. The second-order valence-corrected chi connectivity index (χ2v) is 8.21. The van der Waals surface area contributed by atoms with E-state index >= 15 is 0 Å². The first kappa shape index (κ1) is 20.3. The molecule has 1 N–H and O–H groups in total. The summed E-state index contributed by atoms with van der Waals surface area (Å²) in [6.07, 6.45) is 2.08. The number of rotatable bonds is 2. The fourth-order valence-electron chi connectivity index (χ4n) is 4.34. The Morgan fingerprint density at radius 1 is 1.18 bits per heavy atom. The quantitative estimate of drug-likeness (QED) is 0.490. The number of halogens is 3. The number of aromatic nitrogens is 5. The monoisotopic (exact) mass is 464 g/mol. The number of fused-ring (bicyclic) bond motifs is 4. The number of anilines is 1. The molecule has 3 aromatic heterocycles. The van der Waals surface area contributed by atoms with E-state index in [0.29, 0.717) is 33.5 Å². The van der Waals surface area contributed by atoms with E-state index < -0.39 is 23.2 Å². The number of hydrogen-bond donors (Lipinski definition) is 1. The molecule has 0 radical (unpaired) electrons. The largest absolute Gasteiger partial charge is 0.417 e. The van der Waals surface area contributed by atoms with Crippen LogP contribution < -0.4 is 10.5 Å². The van der Waals surface area contributed by atoms with Crippen molar-refractivity contribution >= 4 is 34.0 Å². The van der Waals surface area contributed by atoms with Gasteiger partial charge in [-0.25, -0.2) is 4.98 Å². The zero-order valence-corrected chi connectivity index (χ0v) is 17.6. The summed E-state index contributed by atoms with van der Waals surface area (Å²) in [5.41, 5.74) is 2.02. The summed E-state index contributed by atoms with van der Waals surface area (Å²) in [7, 11) is 0. The summed E-state index contributed by atoms with van der Waals surface area (Å²) >= 11 is 0. The van der Waals surface area contributed by atoms with Crippen LogP contribution in [-0.2, 0) is 12.6 Å². The van der Waals surface area contributed by atoms with Gasteiger partial charge in [0.25, 0.3) is 11.5 Å². The third kappa shape index (κ3) is 2.89. The van der Waals surface area contributed by atoms with E-state index in [9.17, 15) is 22.8 Å². The van der Waals surface area contributed by atoms with Gasteiger partial charge in [-0.2, -0.15) is 13.2 Å². The van der Waals surface area contributed by atoms with Gasteiger partial charge in [0.15, 0.2) is 5.82 Å². The minimum Gasteiger partial charge on any atom is -0.317 e. The second-order valence-electron chi connectivity index (χ2n) is 8.21. The topological polar surface area (TPSA) is 96.2 Å². The standard InChI is InChI=1S/C23H15F3N6O2/c1-11-7-17-16(28-21(33)20-30-29-19(32(17)20)12-3-2-4-12)9-15(11)22(34)31-6-5-13-8-14(23(24,25)26)10-27-18(13)31/h2-4,7-10H,5-6H2,1H3,(H,28,33). The van der Waals surface area contributed by atoms with Crippen LogP contribution in [0.25, 0.3) is 22.3 Å². The number of benzene rings is 1. The van der Waals surface area contributed by atoms with Crippen LogP contribution in [-0.4, -0.2) is 37.0 Å². The minimum atomic E-state index is -4.50. The highest BCUT2D eigenvalue weighted by atomic mass is 19.4. The Labute approximate surface area is 189 Å². The fourth-order valence-corrected chi connectivity index (χ4v) is 4.34. The molecular weight excluding hydrogens is 449 g/mol. The van der Waals surface area contributed by atoms with Gasteiger partial charge in [-0.3, -0.25) is 18.9 Å². The normalized spacial score (nSPS) is 15.1. The second kappa shape index (κ2) is 6.86. The van der Waals surface area contributed by atoms with Crippen molar-refractivity contribution in [2.45, 2.75) is 19.5 Å². The molecule has 11 heteroatoms. The molecule has 1 amide bonds. The molecule has 0 unspecified atom stereocenters. The van der Waals surface area contributed by atoms with E-state index in [1.165, 1.54) is 4.90 Å². The Balaban J connectivity index is 1.45. The van der Waals surface area contributed by atoms with Gasteiger partial charge in [-0.1, -0.05) is 18.2 Å². The average Bonchev–Trinajstić information content (AvgIpc) is 3.36. The number of H-pyrrole nitrogens is 1. The van der Waals surface area contributed by atoms with Crippen LogP contribution in [0, 0.1) is 6.92 Å². The molecule has 4 aromatic rings. The van der Waals surface area contributed by atoms with Crippen LogP contribution in [0.2, 0.25) is 0 Å². The van der Waals surface area contributed by atoms with Gasteiger partial charge in [0.2, 0.25) is 5.65 Å². The molecule has 6 rings (SSSR count). The molecule has 34 heavy (non-hydrogen) atoms. The van der Waals surface area contributed by atoms with Crippen molar-refractivity contribution < 1.29 is 18.0 Å². The Kier molecular flexibility index (Phi) is 4.10. The van der Waals surface area contributed by atoms with Crippen molar-refractivity contribution in [3.63, 3.8) is 0 Å². The number of aryl methyl sites for hydroxylation is 1. The van der Waals surface area contributed by atoms with E-state index in [2.05, 4.69) is 20.2 Å². The highest BCUT2D eigenvalue weighted by Gasteiger charge is 2.35. The summed E-state index contributed by atoms with van der Waals surface area (Å²) in [6, 6.07) is 4.37. The van der Waals surface area contributed by atoms with Crippen LogP contribution in [0.3, 0.4) is 0 Å². The number of alkyl halides is 3. The number of pyridine rings is 1. The van der Waals surface area contributed by atoms with Gasteiger partial charge in [0, 0.05) is 23.9 Å². The van der Waals surface area contributed by atoms with Crippen molar-refractivity contribution in [2.24, 2.45) is 0 Å². The lowest BCUT2D eigenvalue weighted by Crippen LogP contribution is -2.30. The number of aromatic amines is 1. The molecule has 170 valence electrons. The van der Waals surface area contributed by atoms with Crippen LogP contribution in [0.1, 0.15) is 32.9 Å². The summed E-state index contributed by atoms with van der Waals surface area (Å²) in [5.74, 6) is 0.330. The molecule has 1 aliphatic heterocycles. The van der Waals surface area contributed by atoms with Crippen LogP contribution in [0.4, 0.5) is 19.0 Å². The van der Waals surface area contributed by atoms with Gasteiger partial charge in [-0.05, 0) is 42.7 Å². The van der Waals surface area contributed by atoms with E-state index in [-0.39, 0.29) is 24.4 Å². The van der Waals surface area contributed by atoms with Gasteiger partial charge in [0.05, 0.1) is 16.6 Å². The van der Waals surface area contributed by atoms with Crippen molar-refractivity contribution in [1.82, 2.24) is 24.6 Å². The van der Waals surface area contributed by atoms with Crippen molar-refractivity contribution in [3.8, 4) is 0 Å². The first-order valence-corrected chi connectivity index (χ1v) is 10.4. The van der Waals surface area contributed by atoms with Gasteiger partial charge < -0.3 is 4.98 Å². The van der Waals surface area contributed by atoms with Crippen LogP contribution >= 0.6 is 0 Å². The van der Waals surface area contributed by atoms with Crippen molar-refractivity contribution in [3.05, 3.63) is 81.1 Å². The van der Waals surface area contributed by atoms with Crippen molar-refractivity contribution in [1.29, 1.82) is 0 Å². The number of nitrogens with one attached hydrogen (secondary N) is 1. The van der Waals surface area contributed by atoms with Gasteiger partial charge in [0.1, 0.15) is 5.82 Å². The predicted octanol–water partition coefficient (Wildman–Crippen LogP) is 3.45. The average molecular weight is 464 g/mol. The molecule has 2 aliphatic rings. The van der Waals surface area contributed by atoms with Crippen molar-refractivity contribution in [2.75, 3.05) is 11.4 Å². The summed E-state index contributed by atoms with van der Waals surface area (Å²) in [6.45, 7) is 1.97. The molecule has 1 aliphatic carbocycles. The summed E-state index contributed by atoms with van der Waals surface area (Å²) in [4.78, 5) is 34.1. The Bertz CT molecular complexity index is 1660. The van der Waals surface area contributed by atoms with E-state index in [0.717, 1.165) is 17.8 Å². The molecule has 8 nitrogen and oxygen atoms in total. The molecule has 0 saturated carbocycles. The number of carbonyl (C=O) groups is 1. The maximum absolute atomic E-state index is 13.4. The highest BCUT2D eigenvalue weighted by Crippen LogP contribution is 2.35. The number of amides is 1. The fraction of sp³-hybridized carbons (Fsp3) is 0.174. The first-order chi connectivity index (χ1) is 16.2. The Hall–Kier alpha value is -4.28. The SMILES string of the molecule is Cc1cc2c(cc1C(=O)N1CCc3cc(C(F)(F)F)cnc31)[nH]c(=O)c1nnc(C3=CC=C3)n12. The predicted molar refractivity (Wildman–Crippen MR) is 118 cm³/mol. The lowest BCUT2D eigenvalue weighted by atomic mass is 10.1. The van der Waals surface area contributed by atoms with Gasteiger partial charge >= 0.3 is 6.18 Å². The smallest absolute Gasteiger partial charge is 0.317 e. The molecule has 1 aromatic carbocycles. The lowest BCUT2D eigenvalue weighted by molar-refractivity contribution is -0.137. The zero-order chi connectivity index (χ0) is 23.8. The summed E-state index contributed by atoms with van der Waals surface area (Å²) < 4.78 is 40.8. The maximum atomic E-state index is 13.4. The van der Waals surface area contributed by atoms with E-state index in [4.69, 9.17) is 0 Å². The first-order valence-electron chi connectivity index (χ1n) is 10.4. The number of carbonyl (C=O) groups excluding carboxylic acids is 1. The molecule has 0 fully saturated rings. The van der Waals surface area contributed by atoms with Crippen LogP contribution in [0.5, 0.6) is 0 Å². The third-order valence-corrected chi connectivity index (χ3v) is 6.11. The number of allylic oxidation sites excluding steroid dienone is 4. The Morgan fingerprint density at radius 3 is 2.68 bits per heavy atom. The van der Waals surface area contributed by atoms with E-state index in [1.807, 2.05) is 18.2 Å². The third-order valence-electron chi connectivity index (χ3n) is 6.11. The van der Waals surface area contributed by atoms with E-state index in [1.54, 1.807) is 23.5 Å². The molecule has 4 heterocycles. The molecule has 0 atom stereocenters. The minimum absolute atomic E-state index is 0.139. The zero-order valence-electron chi connectivity index (χ0n) is 17.6. The Morgan fingerprint density at radius 2 is 1.97 bits per heavy atom. The highest BCUT2D eigenvalue weighted by molar-refractivity contribution is 6.09. The lowest BCUT2D eigenvalue weighted by Gasteiger charge is -2.19. The molecular formula is C23H15F3N6O2. The van der Waals surface area contributed by atoms with Crippen LogP contribution in [0.15, 0.2) is 47.4 Å². The number of nitrogens with zero attached hydrogens (tertiary/aromatic N) is 5.